The van der Waals surface area contributed by atoms with Crippen molar-refractivity contribution in [2.24, 2.45) is 0 Å². The van der Waals surface area contributed by atoms with Crippen LogP contribution in [0.3, 0.4) is 0 Å². The largest absolute Gasteiger partial charge is 0.373 e. The first-order valence-electron chi connectivity index (χ1n) is 6.20. The van der Waals surface area contributed by atoms with Crippen LogP contribution in [0.15, 0.2) is 12.1 Å². The fraction of sp³-hybridized carbons (Fsp3) is 0.500. The minimum atomic E-state index is -3.06. The summed E-state index contributed by atoms with van der Waals surface area (Å²) in [6.45, 7) is 1.88. The molecular weight excluding hydrogens is 302 g/mol. The van der Waals surface area contributed by atoms with E-state index in [4.69, 9.17) is 11.6 Å². The van der Waals surface area contributed by atoms with Crippen molar-refractivity contribution in [1.29, 1.82) is 0 Å². The molecule has 2 rings (SSSR count). The van der Waals surface area contributed by atoms with Crippen molar-refractivity contribution < 1.29 is 13.2 Å². The van der Waals surface area contributed by atoms with Crippen LogP contribution in [0.5, 0.6) is 0 Å². The molecule has 1 amide bonds. The normalized spacial score (nSPS) is 21.6. The Kier molecular flexibility index (Phi) is 4.19. The van der Waals surface area contributed by atoms with Gasteiger partial charge in [0, 0.05) is 19.6 Å². The van der Waals surface area contributed by atoms with Gasteiger partial charge in [-0.1, -0.05) is 11.6 Å². The summed E-state index contributed by atoms with van der Waals surface area (Å²) in [5, 5.41) is 3.10. The van der Waals surface area contributed by atoms with Crippen LogP contribution < -0.4 is 5.32 Å². The SMILES string of the molecule is CNc1ccc(Cl)c(C(=O)N2CCS(=O)(=O)CC2C)n1. The summed E-state index contributed by atoms with van der Waals surface area (Å²) in [6.07, 6.45) is 0. The molecule has 2 heterocycles. The molecule has 8 heteroatoms. The maximum atomic E-state index is 12.5. The van der Waals surface area contributed by atoms with E-state index >= 15 is 0 Å². The number of halogens is 1. The lowest BCUT2D eigenvalue weighted by molar-refractivity contribution is 0.0707. The highest BCUT2D eigenvalue weighted by molar-refractivity contribution is 7.91. The van der Waals surface area contributed by atoms with Gasteiger partial charge in [-0.3, -0.25) is 4.79 Å². The maximum absolute atomic E-state index is 12.5. The van der Waals surface area contributed by atoms with Crippen LogP contribution in [0.1, 0.15) is 17.4 Å². The van der Waals surface area contributed by atoms with Crippen molar-refractivity contribution in [3.05, 3.63) is 22.8 Å². The van der Waals surface area contributed by atoms with Gasteiger partial charge < -0.3 is 10.2 Å². The third kappa shape index (κ3) is 3.04. The van der Waals surface area contributed by atoms with Gasteiger partial charge in [-0.05, 0) is 19.1 Å². The minimum Gasteiger partial charge on any atom is -0.373 e. The summed E-state index contributed by atoms with van der Waals surface area (Å²) >= 11 is 6.01. The lowest BCUT2D eigenvalue weighted by Crippen LogP contribution is -2.50. The lowest BCUT2D eigenvalue weighted by atomic mass is 10.2. The molecule has 1 fully saturated rings. The van der Waals surface area contributed by atoms with Crippen LogP contribution in [-0.2, 0) is 9.84 Å². The molecule has 1 aromatic rings. The number of carbonyl (C=O) groups is 1. The first-order chi connectivity index (χ1) is 9.34. The highest BCUT2D eigenvalue weighted by atomic mass is 35.5. The molecule has 6 nitrogen and oxygen atoms in total. The van der Waals surface area contributed by atoms with Gasteiger partial charge in [0.05, 0.1) is 16.5 Å². The Labute approximate surface area is 123 Å². The zero-order valence-corrected chi connectivity index (χ0v) is 12.8. The van der Waals surface area contributed by atoms with E-state index in [9.17, 15) is 13.2 Å². The monoisotopic (exact) mass is 317 g/mol. The number of rotatable bonds is 2. The Morgan fingerprint density at radius 2 is 2.20 bits per heavy atom. The van der Waals surface area contributed by atoms with Crippen LogP contribution in [0.4, 0.5) is 5.82 Å². The second kappa shape index (κ2) is 5.57. The van der Waals surface area contributed by atoms with Crippen molar-refractivity contribution in [3.8, 4) is 0 Å². The molecule has 0 radical (unpaired) electrons. The number of hydrogen-bond acceptors (Lipinski definition) is 5. The summed E-state index contributed by atoms with van der Waals surface area (Å²) in [6, 6.07) is 2.89. The first kappa shape index (κ1) is 15.1. The van der Waals surface area contributed by atoms with Gasteiger partial charge >= 0.3 is 0 Å². The molecule has 1 unspecified atom stereocenters. The Morgan fingerprint density at radius 1 is 1.50 bits per heavy atom. The summed E-state index contributed by atoms with van der Waals surface area (Å²) in [5.74, 6) is 0.152. The summed E-state index contributed by atoms with van der Waals surface area (Å²) in [7, 11) is -1.37. The molecule has 0 spiro atoms. The van der Waals surface area contributed by atoms with Crippen LogP contribution >= 0.6 is 11.6 Å². The molecule has 0 aliphatic carbocycles. The molecule has 1 atom stereocenters. The molecule has 1 saturated heterocycles. The molecule has 0 aromatic carbocycles. The van der Waals surface area contributed by atoms with Gasteiger partial charge in [-0.15, -0.1) is 0 Å². The van der Waals surface area contributed by atoms with Crippen molar-refractivity contribution in [2.75, 3.05) is 30.4 Å². The molecule has 20 heavy (non-hydrogen) atoms. The average Bonchev–Trinajstić information content (AvgIpc) is 2.37. The standard InChI is InChI=1S/C12H16ClN3O3S/c1-8-7-20(18,19)6-5-16(8)12(17)11-9(13)3-4-10(14-2)15-11/h3-4,8H,5-7H2,1-2H3,(H,14,15). The smallest absolute Gasteiger partial charge is 0.274 e. The number of anilines is 1. The van der Waals surface area contributed by atoms with Crippen LogP contribution in [0.25, 0.3) is 0 Å². The van der Waals surface area contributed by atoms with E-state index in [0.29, 0.717) is 5.82 Å². The average molecular weight is 318 g/mol. The predicted molar refractivity (Wildman–Crippen MR) is 77.9 cm³/mol. The van der Waals surface area contributed by atoms with Gasteiger partial charge in [0.15, 0.2) is 9.84 Å². The van der Waals surface area contributed by atoms with E-state index in [1.54, 1.807) is 26.1 Å². The minimum absolute atomic E-state index is 0.0214. The van der Waals surface area contributed by atoms with E-state index in [1.807, 2.05) is 0 Å². The molecule has 1 aliphatic rings. The van der Waals surface area contributed by atoms with E-state index in [0.717, 1.165) is 0 Å². The van der Waals surface area contributed by atoms with Gasteiger partial charge in [0.2, 0.25) is 0 Å². The Bertz CT molecular complexity index is 633. The number of aromatic nitrogens is 1. The summed E-state index contributed by atoms with van der Waals surface area (Å²) < 4.78 is 23.1. The summed E-state index contributed by atoms with van der Waals surface area (Å²) in [5.41, 5.74) is 0.143. The third-order valence-corrected chi connectivity index (χ3v) is 5.34. The fourth-order valence-electron chi connectivity index (χ4n) is 2.17. The number of nitrogens with one attached hydrogen (secondary N) is 1. The second-order valence-electron chi connectivity index (χ2n) is 4.74. The first-order valence-corrected chi connectivity index (χ1v) is 8.39. The maximum Gasteiger partial charge on any atom is 0.274 e. The van der Waals surface area contributed by atoms with Gasteiger partial charge in [-0.25, -0.2) is 13.4 Å². The summed E-state index contributed by atoms with van der Waals surface area (Å²) in [4.78, 5) is 18.1. The quantitative estimate of drug-likeness (QED) is 0.881. The molecule has 0 bridgehead atoms. The van der Waals surface area contributed by atoms with Crippen molar-refractivity contribution >= 4 is 33.2 Å². The second-order valence-corrected chi connectivity index (χ2v) is 7.37. The zero-order chi connectivity index (χ0) is 14.9. The fourth-order valence-corrected chi connectivity index (χ4v) is 3.91. The van der Waals surface area contributed by atoms with Crippen molar-refractivity contribution in [1.82, 2.24) is 9.88 Å². The molecule has 1 aliphatic heterocycles. The Balaban J connectivity index is 2.28. The number of pyridine rings is 1. The van der Waals surface area contributed by atoms with E-state index in [1.165, 1.54) is 4.90 Å². The van der Waals surface area contributed by atoms with Gasteiger partial charge in [-0.2, -0.15) is 0 Å². The van der Waals surface area contributed by atoms with Crippen molar-refractivity contribution in [2.45, 2.75) is 13.0 Å². The van der Waals surface area contributed by atoms with E-state index in [-0.39, 0.29) is 40.7 Å². The Hall–Kier alpha value is -1.34. The highest BCUT2D eigenvalue weighted by Crippen LogP contribution is 2.21. The lowest BCUT2D eigenvalue weighted by Gasteiger charge is -2.33. The molecule has 0 saturated carbocycles. The van der Waals surface area contributed by atoms with Gasteiger partial charge in [0.25, 0.3) is 5.91 Å². The number of nitrogens with zero attached hydrogens (tertiary/aromatic N) is 2. The highest BCUT2D eigenvalue weighted by Gasteiger charge is 2.33. The van der Waals surface area contributed by atoms with Gasteiger partial charge in [0.1, 0.15) is 11.5 Å². The third-order valence-electron chi connectivity index (χ3n) is 3.24. The molecule has 1 N–H and O–H groups in total. The van der Waals surface area contributed by atoms with Crippen LogP contribution in [0.2, 0.25) is 5.02 Å². The molecule has 110 valence electrons. The van der Waals surface area contributed by atoms with E-state index in [2.05, 4.69) is 10.3 Å². The van der Waals surface area contributed by atoms with Crippen LogP contribution in [-0.4, -0.2) is 55.3 Å². The number of amides is 1. The number of hydrogen-bond donors (Lipinski definition) is 1. The van der Waals surface area contributed by atoms with Crippen LogP contribution in [0, 0.1) is 0 Å². The topological polar surface area (TPSA) is 79.4 Å². The number of sulfone groups is 1. The van der Waals surface area contributed by atoms with Crippen molar-refractivity contribution in [3.63, 3.8) is 0 Å². The zero-order valence-electron chi connectivity index (χ0n) is 11.3. The predicted octanol–water partition coefficient (Wildman–Crippen LogP) is 1.04. The molecular formula is C12H16ClN3O3S. The Morgan fingerprint density at radius 3 is 2.80 bits per heavy atom. The number of carbonyl (C=O) groups excluding carboxylic acids is 1. The molecule has 1 aromatic heterocycles. The van der Waals surface area contributed by atoms with E-state index < -0.39 is 9.84 Å².